The van der Waals surface area contributed by atoms with Crippen LogP contribution in [0.3, 0.4) is 0 Å². The summed E-state index contributed by atoms with van der Waals surface area (Å²) in [6, 6.07) is 10.0. The van der Waals surface area contributed by atoms with Crippen LogP contribution in [0.1, 0.15) is 46.0 Å². The van der Waals surface area contributed by atoms with Crippen LogP contribution in [0.25, 0.3) is 11.1 Å². The largest absolute Gasteiger partial charge is 0.488 e. The molecule has 0 bridgehead atoms. The van der Waals surface area contributed by atoms with E-state index < -0.39 is 6.10 Å². The zero-order valence-corrected chi connectivity index (χ0v) is 14.2. The van der Waals surface area contributed by atoms with Crippen molar-refractivity contribution in [2.24, 2.45) is 0 Å². The topological polar surface area (TPSA) is 46.5 Å². The van der Waals surface area contributed by atoms with Crippen molar-refractivity contribution in [2.45, 2.75) is 32.0 Å². The van der Waals surface area contributed by atoms with Gasteiger partial charge in [-0.05, 0) is 53.3 Å². The number of aryl methyl sites for hydroxylation is 1. The second-order valence-corrected chi connectivity index (χ2v) is 6.81. The summed E-state index contributed by atoms with van der Waals surface area (Å²) in [7, 11) is 0. The van der Waals surface area contributed by atoms with Crippen molar-refractivity contribution in [1.29, 1.82) is 0 Å². The van der Waals surface area contributed by atoms with E-state index in [2.05, 4.69) is 28.1 Å². The number of carbonyl (C=O) groups is 1. The first-order valence-electron chi connectivity index (χ1n) is 7.87. The molecule has 1 heterocycles. The third-order valence-electron chi connectivity index (χ3n) is 4.69. The van der Waals surface area contributed by atoms with E-state index in [1.807, 2.05) is 18.2 Å². The van der Waals surface area contributed by atoms with Crippen LogP contribution in [0.5, 0.6) is 5.75 Å². The van der Waals surface area contributed by atoms with Gasteiger partial charge in [0.1, 0.15) is 12.4 Å². The molecule has 0 amide bonds. The average molecular weight is 373 g/mol. The monoisotopic (exact) mass is 372 g/mol. The Morgan fingerprint density at radius 2 is 1.96 bits per heavy atom. The lowest BCUT2D eigenvalue weighted by molar-refractivity contribution is 0.0972. The number of aliphatic hydroxyl groups excluding tert-OH is 1. The van der Waals surface area contributed by atoms with Crippen LogP contribution in [-0.4, -0.2) is 16.2 Å². The number of fused-ring (bicyclic) bond motifs is 4. The molecule has 0 saturated carbocycles. The predicted molar refractivity (Wildman–Crippen MR) is 92.2 cm³/mol. The second kappa shape index (κ2) is 5.77. The number of ether oxygens (including phenoxy) is 1. The minimum atomic E-state index is -0.511. The molecule has 3 nitrogen and oxygen atoms in total. The van der Waals surface area contributed by atoms with Gasteiger partial charge in [0.25, 0.3) is 0 Å². The molecule has 1 N–H and O–H groups in total. The zero-order valence-electron chi connectivity index (χ0n) is 12.6. The van der Waals surface area contributed by atoms with Crippen molar-refractivity contribution in [1.82, 2.24) is 0 Å². The minimum Gasteiger partial charge on any atom is -0.488 e. The first-order valence-corrected chi connectivity index (χ1v) is 8.99. The molecule has 4 heteroatoms. The van der Waals surface area contributed by atoms with Gasteiger partial charge >= 0.3 is 0 Å². The lowest BCUT2D eigenvalue weighted by atomic mass is 9.85. The molecule has 0 spiro atoms. The molecule has 0 unspecified atom stereocenters. The number of aliphatic hydroxyl groups is 1. The summed E-state index contributed by atoms with van der Waals surface area (Å²) in [5, 5.41) is 10.5. The van der Waals surface area contributed by atoms with E-state index in [1.54, 1.807) is 0 Å². The molecule has 0 fully saturated rings. The fourth-order valence-electron chi connectivity index (χ4n) is 3.44. The van der Waals surface area contributed by atoms with Crippen molar-refractivity contribution >= 4 is 21.7 Å². The molecule has 118 valence electrons. The highest BCUT2D eigenvalue weighted by molar-refractivity contribution is 9.09. The van der Waals surface area contributed by atoms with Gasteiger partial charge in [-0.1, -0.05) is 28.1 Å². The highest BCUT2D eigenvalue weighted by atomic mass is 79.9. The maximum atomic E-state index is 12.1. The van der Waals surface area contributed by atoms with Crippen LogP contribution in [0, 0.1) is 0 Å². The molecule has 23 heavy (non-hydrogen) atoms. The van der Waals surface area contributed by atoms with Crippen LogP contribution in [-0.2, 0) is 13.0 Å². The van der Waals surface area contributed by atoms with E-state index in [1.165, 1.54) is 0 Å². The molecule has 0 aromatic heterocycles. The number of ketones is 1. The van der Waals surface area contributed by atoms with Gasteiger partial charge < -0.3 is 9.84 Å². The summed E-state index contributed by atoms with van der Waals surface area (Å²) < 4.78 is 5.89. The maximum Gasteiger partial charge on any atom is 0.163 e. The summed E-state index contributed by atoms with van der Waals surface area (Å²) >= 11 is 3.31. The van der Waals surface area contributed by atoms with Crippen LogP contribution in [0.15, 0.2) is 30.3 Å². The number of hydrogen-bond donors (Lipinski definition) is 1. The Kier molecular flexibility index (Phi) is 3.74. The van der Waals surface area contributed by atoms with Crippen molar-refractivity contribution in [3.8, 4) is 16.9 Å². The van der Waals surface area contributed by atoms with Gasteiger partial charge in [-0.2, -0.15) is 0 Å². The number of benzene rings is 2. The Morgan fingerprint density at radius 1 is 1.09 bits per heavy atom. The van der Waals surface area contributed by atoms with Crippen LogP contribution in [0.2, 0.25) is 0 Å². The number of halogens is 1. The van der Waals surface area contributed by atoms with Gasteiger partial charge in [0.15, 0.2) is 5.78 Å². The van der Waals surface area contributed by atoms with Gasteiger partial charge in [0.05, 0.1) is 6.10 Å². The number of Topliss-reactive ketones (excluding diaryl/α,β-unsaturated/α-hetero) is 1. The summed E-state index contributed by atoms with van der Waals surface area (Å²) in [6.07, 6.45) is 2.00. The van der Waals surface area contributed by atoms with Gasteiger partial charge in [-0.15, -0.1) is 0 Å². The van der Waals surface area contributed by atoms with E-state index in [0.29, 0.717) is 18.4 Å². The molecule has 1 aliphatic heterocycles. The van der Waals surface area contributed by atoms with Crippen LogP contribution >= 0.6 is 15.9 Å². The first kappa shape index (κ1) is 14.9. The Morgan fingerprint density at radius 3 is 2.78 bits per heavy atom. The summed E-state index contributed by atoms with van der Waals surface area (Å²) in [6.45, 7) is 0.470. The normalized spacial score (nSPS) is 16.9. The predicted octanol–water partition coefficient (Wildman–Crippen LogP) is 4.19. The Labute approximate surface area is 143 Å². The smallest absolute Gasteiger partial charge is 0.163 e. The molecular formula is C19H17BrO3. The Bertz CT molecular complexity index is 797. The van der Waals surface area contributed by atoms with Gasteiger partial charge in [0, 0.05) is 22.9 Å². The third-order valence-corrected chi connectivity index (χ3v) is 5.30. The lowest BCUT2D eigenvalue weighted by Crippen LogP contribution is -2.14. The molecule has 1 atom stereocenters. The quantitative estimate of drug-likeness (QED) is 0.803. The standard InChI is InChI=1S/C19H17BrO3/c20-9-18(22)12-4-5-14-13(6-12)10-23-19-8-15-11(7-16(14)19)2-1-3-17(15)21/h4-8,18,22H,1-3,9-10H2/t18-/m1/s1. The number of alkyl halides is 1. The second-order valence-electron chi connectivity index (χ2n) is 6.16. The van der Waals surface area contributed by atoms with Crippen molar-refractivity contribution in [2.75, 3.05) is 5.33 Å². The highest BCUT2D eigenvalue weighted by Crippen LogP contribution is 2.41. The molecule has 2 aliphatic rings. The SMILES string of the molecule is O=C1CCCc2cc3c(cc21)OCc1cc([C@H](O)CBr)ccc1-3. The van der Waals surface area contributed by atoms with Gasteiger partial charge in [0.2, 0.25) is 0 Å². The Hall–Kier alpha value is -1.65. The average Bonchev–Trinajstić information content (AvgIpc) is 2.59. The first-order chi connectivity index (χ1) is 11.2. The number of carbonyl (C=O) groups excluding carboxylic acids is 1. The van der Waals surface area contributed by atoms with Crippen molar-refractivity contribution < 1.29 is 14.6 Å². The molecule has 2 aromatic rings. The third kappa shape index (κ3) is 2.50. The zero-order chi connectivity index (χ0) is 16.0. The molecule has 2 aromatic carbocycles. The van der Waals surface area contributed by atoms with Crippen LogP contribution in [0.4, 0.5) is 0 Å². The lowest BCUT2D eigenvalue weighted by Gasteiger charge is -2.25. The maximum absolute atomic E-state index is 12.1. The van der Waals surface area contributed by atoms with E-state index in [9.17, 15) is 9.90 Å². The van der Waals surface area contributed by atoms with Gasteiger partial charge in [-0.3, -0.25) is 4.79 Å². The fourth-order valence-corrected chi connectivity index (χ4v) is 3.82. The number of hydrogen-bond acceptors (Lipinski definition) is 3. The van der Waals surface area contributed by atoms with Crippen LogP contribution < -0.4 is 4.74 Å². The van der Waals surface area contributed by atoms with E-state index in [0.717, 1.165) is 52.0 Å². The van der Waals surface area contributed by atoms with E-state index in [4.69, 9.17) is 4.74 Å². The molecule has 1 aliphatic carbocycles. The summed E-state index contributed by atoms with van der Waals surface area (Å²) in [5.74, 6) is 1.01. The minimum absolute atomic E-state index is 0.222. The van der Waals surface area contributed by atoms with Crippen molar-refractivity contribution in [3.05, 3.63) is 52.6 Å². The Balaban J connectivity index is 1.82. The number of rotatable bonds is 2. The molecular weight excluding hydrogens is 356 g/mol. The van der Waals surface area contributed by atoms with E-state index in [-0.39, 0.29) is 5.78 Å². The fraction of sp³-hybridized carbons (Fsp3) is 0.316. The summed E-state index contributed by atoms with van der Waals surface area (Å²) in [5.41, 5.74) is 6.11. The highest BCUT2D eigenvalue weighted by Gasteiger charge is 2.24. The van der Waals surface area contributed by atoms with E-state index >= 15 is 0 Å². The van der Waals surface area contributed by atoms with Crippen molar-refractivity contribution in [3.63, 3.8) is 0 Å². The molecule has 0 radical (unpaired) electrons. The molecule has 4 rings (SSSR count). The molecule has 0 saturated heterocycles. The summed E-state index contributed by atoms with van der Waals surface area (Å²) in [4.78, 5) is 12.1. The van der Waals surface area contributed by atoms with Gasteiger partial charge in [-0.25, -0.2) is 0 Å².